The highest BCUT2D eigenvalue weighted by molar-refractivity contribution is 9.10. The van der Waals surface area contributed by atoms with Gasteiger partial charge in [-0.15, -0.1) is 0 Å². The molecule has 23 heavy (non-hydrogen) atoms. The van der Waals surface area contributed by atoms with Crippen molar-refractivity contribution in [3.8, 4) is 0 Å². The number of amides is 1. The molecule has 0 atom stereocenters. The van der Waals surface area contributed by atoms with E-state index in [1.807, 2.05) is 0 Å². The summed E-state index contributed by atoms with van der Waals surface area (Å²) < 4.78 is 50.1. The van der Waals surface area contributed by atoms with Gasteiger partial charge in [-0.2, -0.15) is 4.31 Å². The highest BCUT2D eigenvalue weighted by Crippen LogP contribution is 2.28. The van der Waals surface area contributed by atoms with Crippen molar-refractivity contribution in [1.82, 2.24) is 4.31 Å². The molecule has 1 aromatic rings. The molecule has 0 saturated heterocycles. The van der Waals surface area contributed by atoms with Crippen molar-refractivity contribution in [2.45, 2.75) is 23.6 Å². The molecular formula is C13H19BrN2O5S2. The van der Waals surface area contributed by atoms with E-state index in [-0.39, 0.29) is 26.7 Å². The number of rotatable bonds is 7. The van der Waals surface area contributed by atoms with Crippen molar-refractivity contribution >= 4 is 41.7 Å². The third-order valence-corrected chi connectivity index (χ3v) is 6.77. The maximum atomic E-state index is 12.8. The summed E-state index contributed by atoms with van der Waals surface area (Å²) in [5.41, 5.74) is 5.13. The Hall–Kier alpha value is -0.970. The first-order valence-electron chi connectivity index (χ1n) is 6.63. The first-order valence-corrected chi connectivity index (χ1v) is 10.8. The van der Waals surface area contributed by atoms with Gasteiger partial charge >= 0.3 is 0 Å². The molecule has 0 bridgehead atoms. The zero-order chi connectivity index (χ0) is 18.0. The summed E-state index contributed by atoms with van der Waals surface area (Å²) in [6, 6.07) is 3.73. The molecule has 0 aliphatic carbocycles. The van der Waals surface area contributed by atoms with Gasteiger partial charge in [0.2, 0.25) is 15.9 Å². The lowest BCUT2D eigenvalue weighted by atomic mass is 10.2. The van der Waals surface area contributed by atoms with Gasteiger partial charge in [-0.05, 0) is 40.0 Å². The maximum Gasteiger partial charge on any atom is 0.244 e. The van der Waals surface area contributed by atoms with Crippen LogP contribution in [0.25, 0.3) is 0 Å². The Labute approximate surface area is 145 Å². The number of halogens is 1. The number of carbonyl (C=O) groups is 1. The Balaban J connectivity index is 3.47. The lowest BCUT2D eigenvalue weighted by Crippen LogP contribution is -2.40. The van der Waals surface area contributed by atoms with E-state index in [1.165, 1.54) is 12.1 Å². The SMILES string of the molecule is CC(C)CN(CC(N)=O)S(=O)(=O)c1cc(S(C)(=O)=O)ccc1Br. The largest absolute Gasteiger partial charge is 0.369 e. The molecule has 0 fully saturated rings. The molecule has 7 nitrogen and oxygen atoms in total. The first kappa shape index (κ1) is 20.1. The van der Waals surface area contributed by atoms with Crippen LogP contribution in [-0.2, 0) is 24.7 Å². The van der Waals surface area contributed by atoms with Crippen LogP contribution in [0.15, 0.2) is 32.5 Å². The number of primary amides is 1. The number of benzene rings is 1. The zero-order valence-electron chi connectivity index (χ0n) is 13.0. The average Bonchev–Trinajstić information content (AvgIpc) is 2.35. The van der Waals surface area contributed by atoms with Crippen molar-refractivity contribution in [3.63, 3.8) is 0 Å². The molecule has 1 rings (SSSR count). The quantitative estimate of drug-likeness (QED) is 0.697. The molecule has 0 heterocycles. The third-order valence-electron chi connectivity index (χ3n) is 2.85. The van der Waals surface area contributed by atoms with Crippen LogP contribution in [0, 0.1) is 5.92 Å². The van der Waals surface area contributed by atoms with E-state index in [2.05, 4.69) is 15.9 Å². The fourth-order valence-electron chi connectivity index (χ4n) is 1.88. The number of hydrogen-bond acceptors (Lipinski definition) is 5. The molecule has 2 N–H and O–H groups in total. The summed E-state index contributed by atoms with van der Waals surface area (Å²) >= 11 is 3.12. The van der Waals surface area contributed by atoms with Crippen molar-refractivity contribution in [1.29, 1.82) is 0 Å². The predicted molar refractivity (Wildman–Crippen MR) is 90.0 cm³/mol. The first-order chi connectivity index (χ1) is 10.4. The van der Waals surface area contributed by atoms with Crippen LogP contribution in [0.2, 0.25) is 0 Å². The van der Waals surface area contributed by atoms with Crippen LogP contribution in [0.3, 0.4) is 0 Å². The molecule has 1 aromatic carbocycles. The van der Waals surface area contributed by atoms with Crippen LogP contribution in [0.4, 0.5) is 0 Å². The number of nitrogens with two attached hydrogens (primary N) is 1. The van der Waals surface area contributed by atoms with E-state index in [0.717, 1.165) is 16.6 Å². The molecule has 0 saturated carbocycles. The Kier molecular flexibility index (Phi) is 6.36. The predicted octanol–water partition coefficient (Wildman–Crippen LogP) is 0.985. The van der Waals surface area contributed by atoms with E-state index in [9.17, 15) is 21.6 Å². The Morgan fingerprint density at radius 2 is 1.83 bits per heavy atom. The average molecular weight is 427 g/mol. The fourth-order valence-corrected chi connectivity index (χ4v) is 5.12. The van der Waals surface area contributed by atoms with E-state index in [1.54, 1.807) is 13.8 Å². The van der Waals surface area contributed by atoms with Crippen LogP contribution in [0.1, 0.15) is 13.8 Å². The molecule has 10 heteroatoms. The normalized spacial score (nSPS) is 12.8. The lowest BCUT2D eigenvalue weighted by Gasteiger charge is -2.23. The molecule has 0 aliphatic heterocycles. The second-order valence-corrected chi connectivity index (χ2v) is 10.3. The number of hydrogen-bond donors (Lipinski definition) is 1. The van der Waals surface area contributed by atoms with Gasteiger partial charge in [0.1, 0.15) is 0 Å². The molecule has 0 aliphatic rings. The van der Waals surface area contributed by atoms with Gasteiger partial charge in [-0.1, -0.05) is 13.8 Å². The molecule has 0 aromatic heterocycles. The monoisotopic (exact) mass is 426 g/mol. The summed E-state index contributed by atoms with van der Waals surface area (Å²) in [6.45, 7) is 3.20. The van der Waals surface area contributed by atoms with Crippen molar-refractivity contribution < 1.29 is 21.6 Å². The van der Waals surface area contributed by atoms with E-state index in [4.69, 9.17) is 5.73 Å². The number of nitrogens with zero attached hydrogens (tertiary/aromatic N) is 1. The van der Waals surface area contributed by atoms with Gasteiger partial charge in [0.15, 0.2) is 9.84 Å². The Morgan fingerprint density at radius 1 is 1.26 bits per heavy atom. The van der Waals surface area contributed by atoms with Gasteiger partial charge in [0.25, 0.3) is 0 Å². The summed E-state index contributed by atoms with van der Waals surface area (Å²) in [5.74, 6) is -0.828. The molecule has 0 radical (unpaired) electrons. The van der Waals surface area contributed by atoms with Crippen LogP contribution >= 0.6 is 15.9 Å². The highest BCUT2D eigenvalue weighted by atomic mass is 79.9. The van der Waals surface area contributed by atoms with Crippen LogP contribution in [-0.4, -0.2) is 46.4 Å². The number of sulfone groups is 1. The van der Waals surface area contributed by atoms with Crippen LogP contribution < -0.4 is 5.73 Å². The second kappa shape index (κ2) is 7.29. The van der Waals surface area contributed by atoms with Crippen molar-refractivity contribution in [2.75, 3.05) is 19.3 Å². The summed E-state index contributed by atoms with van der Waals surface area (Å²) in [5, 5.41) is 0. The summed E-state index contributed by atoms with van der Waals surface area (Å²) in [7, 11) is -7.65. The van der Waals surface area contributed by atoms with E-state index < -0.39 is 32.3 Å². The minimum Gasteiger partial charge on any atom is -0.369 e. The van der Waals surface area contributed by atoms with Crippen molar-refractivity contribution in [3.05, 3.63) is 22.7 Å². The molecule has 0 spiro atoms. The van der Waals surface area contributed by atoms with Gasteiger partial charge in [-0.25, -0.2) is 16.8 Å². The third kappa shape index (κ3) is 5.27. The van der Waals surface area contributed by atoms with Gasteiger partial charge in [-0.3, -0.25) is 4.79 Å². The number of sulfonamides is 1. The zero-order valence-corrected chi connectivity index (χ0v) is 16.2. The minimum atomic E-state index is -4.08. The van der Waals surface area contributed by atoms with Gasteiger partial charge < -0.3 is 5.73 Å². The van der Waals surface area contributed by atoms with E-state index >= 15 is 0 Å². The van der Waals surface area contributed by atoms with Gasteiger partial charge in [0, 0.05) is 17.3 Å². The van der Waals surface area contributed by atoms with Gasteiger partial charge in [0.05, 0.1) is 16.3 Å². The second-order valence-electron chi connectivity index (χ2n) is 5.52. The standard InChI is InChI=1S/C13H19BrN2O5S2/c1-9(2)7-16(8-13(15)17)23(20,21)12-6-10(22(3,18)19)4-5-11(12)14/h4-6,9H,7-8H2,1-3H3,(H2,15,17). The van der Waals surface area contributed by atoms with Crippen LogP contribution in [0.5, 0.6) is 0 Å². The smallest absolute Gasteiger partial charge is 0.244 e. The Morgan fingerprint density at radius 3 is 2.26 bits per heavy atom. The van der Waals surface area contributed by atoms with E-state index in [0.29, 0.717) is 0 Å². The summed E-state index contributed by atoms with van der Waals surface area (Å²) in [4.78, 5) is 10.8. The maximum absolute atomic E-state index is 12.8. The van der Waals surface area contributed by atoms with Crippen molar-refractivity contribution in [2.24, 2.45) is 11.7 Å². The molecular weight excluding hydrogens is 408 g/mol. The fraction of sp³-hybridized carbons (Fsp3) is 0.462. The molecule has 0 unspecified atom stereocenters. The highest BCUT2D eigenvalue weighted by Gasteiger charge is 2.29. The molecule has 130 valence electrons. The Bertz CT molecular complexity index is 804. The lowest BCUT2D eigenvalue weighted by molar-refractivity contribution is -0.118. The number of carbonyl (C=O) groups excluding carboxylic acids is 1. The topological polar surface area (TPSA) is 115 Å². The molecule has 1 amide bonds. The summed E-state index contributed by atoms with van der Waals surface area (Å²) in [6.07, 6.45) is 0.988. The minimum absolute atomic E-state index is 0.0407.